The number of benzene rings is 2. The lowest BCUT2D eigenvalue weighted by atomic mass is 10.0. The Kier molecular flexibility index (Phi) is 6.74. The predicted octanol–water partition coefficient (Wildman–Crippen LogP) is 4.01. The van der Waals surface area contributed by atoms with Crippen LogP contribution in [0.1, 0.15) is 25.3 Å². The highest BCUT2D eigenvalue weighted by Crippen LogP contribution is 2.24. The van der Waals surface area contributed by atoms with E-state index in [4.69, 9.17) is 4.74 Å². The molecular weight excluding hydrogens is 406 g/mol. The number of hydrogen-bond donors (Lipinski definition) is 1. The lowest BCUT2D eigenvalue weighted by Crippen LogP contribution is -2.37. The number of halogens is 1. The van der Waals surface area contributed by atoms with Crippen molar-refractivity contribution < 1.29 is 4.74 Å². The van der Waals surface area contributed by atoms with E-state index in [0.29, 0.717) is 0 Å². The summed E-state index contributed by atoms with van der Waals surface area (Å²) in [7, 11) is 0. The molecule has 0 radical (unpaired) electrons. The average molecular weight is 432 g/mol. The standard InChI is InChI=1S/C21H25N3O2.BrH/c25-21-22-19-9-4-5-10-20(19)24(21)17-11-14-23(15-12-17)13-6-16-26-18-7-2-1-3-8-18;/h1-5,7-10,17H,6,11-16H2,(H,22,25);1H. The number of ether oxygens (including phenoxy) is 1. The Hall–Kier alpha value is -2.05. The van der Waals surface area contributed by atoms with E-state index in [1.54, 1.807) is 0 Å². The number of nitrogens with zero attached hydrogens (tertiary/aromatic N) is 2. The fraction of sp³-hybridized carbons (Fsp3) is 0.381. The third-order valence-electron chi connectivity index (χ3n) is 5.18. The minimum Gasteiger partial charge on any atom is -0.494 e. The Morgan fingerprint density at radius 2 is 1.70 bits per heavy atom. The monoisotopic (exact) mass is 431 g/mol. The first-order valence-electron chi connectivity index (χ1n) is 9.41. The van der Waals surface area contributed by atoms with Gasteiger partial charge in [0.2, 0.25) is 0 Å². The quantitative estimate of drug-likeness (QED) is 0.599. The molecule has 1 saturated heterocycles. The van der Waals surface area contributed by atoms with Crippen molar-refractivity contribution in [2.24, 2.45) is 0 Å². The van der Waals surface area contributed by atoms with Gasteiger partial charge in [-0.05, 0) is 43.5 Å². The molecule has 0 saturated carbocycles. The van der Waals surface area contributed by atoms with Crippen molar-refractivity contribution in [2.75, 3.05) is 26.2 Å². The van der Waals surface area contributed by atoms with Gasteiger partial charge < -0.3 is 14.6 Å². The van der Waals surface area contributed by atoms with Crippen molar-refractivity contribution in [3.63, 3.8) is 0 Å². The van der Waals surface area contributed by atoms with Crippen LogP contribution < -0.4 is 10.4 Å². The summed E-state index contributed by atoms with van der Waals surface area (Å²) in [5, 5.41) is 0. The molecular formula is C21H26BrN3O2. The van der Waals surface area contributed by atoms with E-state index in [1.807, 2.05) is 59.2 Å². The second-order valence-corrected chi connectivity index (χ2v) is 6.91. The predicted molar refractivity (Wildman–Crippen MR) is 114 cm³/mol. The maximum absolute atomic E-state index is 12.3. The summed E-state index contributed by atoms with van der Waals surface area (Å²) in [6.45, 7) is 3.85. The number of nitrogens with one attached hydrogen (secondary N) is 1. The van der Waals surface area contributed by atoms with Gasteiger partial charge in [-0.2, -0.15) is 0 Å². The van der Waals surface area contributed by atoms with E-state index in [9.17, 15) is 4.79 Å². The largest absolute Gasteiger partial charge is 0.494 e. The molecule has 1 aliphatic heterocycles. The first-order chi connectivity index (χ1) is 12.8. The molecule has 1 aromatic heterocycles. The van der Waals surface area contributed by atoms with Crippen LogP contribution in [0.5, 0.6) is 5.75 Å². The molecule has 0 atom stereocenters. The van der Waals surface area contributed by atoms with Gasteiger partial charge in [-0.25, -0.2) is 4.79 Å². The summed E-state index contributed by atoms with van der Waals surface area (Å²) in [5.74, 6) is 0.935. The van der Waals surface area contributed by atoms with E-state index < -0.39 is 0 Å². The minimum absolute atomic E-state index is 0. The van der Waals surface area contributed by atoms with Crippen LogP contribution in [-0.4, -0.2) is 40.7 Å². The summed E-state index contributed by atoms with van der Waals surface area (Å²) in [5.41, 5.74) is 1.96. The number of aromatic amines is 1. The molecule has 144 valence electrons. The van der Waals surface area contributed by atoms with Gasteiger partial charge >= 0.3 is 5.69 Å². The highest BCUT2D eigenvalue weighted by molar-refractivity contribution is 8.93. The van der Waals surface area contributed by atoms with Gasteiger partial charge in [0.15, 0.2) is 0 Å². The van der Waals surface area contributed by atoms with E-state index in [2.05, 4.69) is 9.88 Å². The summed E-state index contributed by atoms with van der Waals surface area (Å²) < 4.78 is 7.71. The van der Waals surface area contributed by atoms with E-state index >= 15 is 0 Å². The molecule has 0 amide bonds. The van der Waals surface area contributed by atoms with Crippen molar-refractivity contribution in [1.82, 2.24) is 14.5 Å². The van der Waals surface area contributed by atoms with Crippen LogP contribution >= 0.6 is 17.0 Å². The van der Waals surface area contributed by atoms with Crippen LogP contribution in [-0.2, 0) is 0 Å². The van der Waals surface area contributed by atoms with Crippen LogP contribution in [0.4, 0.5) is 0 Å². The molecule has 3 aromatic rings. The molecule has 2 aromatic carbocycles. The van der Waals surface area contributed by atoms with Crippen molar-refractivity contribution in [2.45, 2.75) is 25.3 Å². The molecule has 6 heteroatoms. The van der Waals surface area contributed by atoms with Crippen molar-refractivity contribution in [3.8, 4) is 5.75 Å². The van der Waals surface area contributed by atoms with Crippen LogP contribution in [0.15, 0.2) is 59.4 Å². The van der Waals surface area contributed by atoms with Gasteiger partial charge in [0, 0.05) is 25.7 Å². The Labute approximate surface area is 169 Å². The van der Waals surface area contributed by atoms with E-state index in [0.717, 1.165) is 62.3 Å². The molecule has 1 aliphatic rings. The van der Waals surface area contributed by atoms with Crippen molar-refractivity contribution in [1.29, 1.82) is 0 Å². The number of rotatable bonds is 6. The maximum Gasteiger partial charge on any atom is 0.326 e. The highest BCUT2D eigenvalue weighted by atomic mass is 79.9. The smallest absolute Gasteiger partial charge is 0.326 e. The topological polar surface area (TPSA) is 50.3 Å². The number of imidazole rings is 1. The zero-order valence-electron chi connectivity index (χ0n) is 15.3. The van der Waals surface area contributed by atoms with Gasteiger partial charge in [-0.3, -0.25) is 4.57 Å². The zero-order valence-corrected chi connectivity index (χ0v) is 17.1. The first kappa shape index (κ1) is 19.7. The Bertz CT molecular complexity index is 898. The molecule has 1 N–H and O–H groups in total. The summed E-state index contributed by atoms with van der Waals surface area (Å²) in [6, 6.07) is 18.2. The normalized spacial score (nSPS) is 15.6. The van der Waals surface area contributed by atoms with Crippen LogP contribution in [0.25, 0.3) is 11.0 Å². The summed E-state index contributed by atoms with van der Waals surface area (Å²) >= 11 is 0. The lowest BCUT2D eigenvalue weighted by Gasteiger charge is -2.32. The first-order valence-corrected chi connectivity index (χ1v) is 9.41. The van der Waals surface area contributed by atoms with Gasteiger partial charge in [-0.1, -0.05) is 30.3 Å². The number of piperidine rings is 1. The number of likely N-dealkylation sites (tertiary alicyclic amines) is 1. The fourth-order valence-corrected chi connectivity index (χ4v) is 3.83. The van der Waals surface area contributed by atoms with Gasteiger partial charge in [0.1, 0.15) is 5.75 Å². The molecule has 1 fully saturated rings. The van der Waals surface area contributed by atoms with Crippen molar-refractivity contribution >= 4 is 28.0 Å². The molecule has 0 aliphatic carbocycles. The Balaban J connectivity index is 0.00000210. The molecule has 4 rings (SSSR count). The second kappa shape index (κ2) is 9.24. The molecule has 5 nitrogen and oxygen atoms in total. The summed E-state index contributed by atoms with van der Waals surface area (Å²) in [6.07, 6.45) is 3.05. The molecule has 2 heterocycles. The number of fused-ring (bicyclic) bond motifs is 1. The molecule has 0 bridgehead atoms. The van der Waals surface area contributed by atoms with E-state index in [1.165, 1.54) is 0 Å². The molecule has 0 spiro atoms. The minimum atomic E-state index is 0. The average Bonchev–Trinajstić information content (AvgIpc) is 3.02. The fourth-order valence-electron chi connectivity index (χ4n) is 3.83. The highest BCUT2D eigenvalue weighted by Gasteiger charge is 2.23. The molecule has 0 unspecified atom stereocenters. The van der Waals surface area contributed by atoms with Crippen LogP contribution in [0.3, 0.4) is 0 Å². The Morgan fingerprint density at radius 3 is 2.48 bits per heavy atom. The number of hydrogen-bond acceptors (Lipinski definition) is 3. The van der Waals surface area contributed by atoms with Gasteiger partial charge in [0.05, 0.1) is 17.6 Å². The van der Waals surface area contributed by atoms with E-state index in [-0.39, 0.29) is 28.7 Å². The number of para-hydroxylation sites is 3. The molecule has 27 heavy (non-hydrogen) atoms. The number of aromatic nitrogens is 2. The van der Waals surface area contributed by atoms with Crippen LogP contribution in [0, 0.1) is 0 Å². The second-order valence-electron chi connectivity index (χ2n) is 6.91. The van der Waals surface area contributed by atoms with Crippen LogP contribution in [0.2, 0.25) is 0 Å². The van der Waals surface area contributed by atoms with Crippen molar-refractivity contribution in [3.05, 3.63) is 65.1 Å². The lowest BCUT2D eigenvalue weighted by molar-refractivity contribution is 0.173. The summed E-state index contributed by atoms with van der Waals surface area (Å²) in [4.78, 5) is 17.8. The third kappa shape index (κ3) is 4.62. The SMILES string of the molecule is Br.O=c1[nH]c2ccccc2n1C1CCN(CCCOc2ccccc2)CC1. The Morgan fingerprint density at radius 1 is 1.00 bits per heavy atom. The van der Waals surface area contributed by atoms with Gasteiger partial charge in [0.25, 0.3) is 0 Å². The third-order valence-corrected chi connectivity index (χ3v) is 5.18. The number of H-pyrrole nitrogens is 1. The maximum atomic E-state index is 12.3. The van der Waals surface area contributed by atoms with Gasteiger partial charge in [-0.15, -0.1) is 17.0 Å². The zero-order chi connectivity index (χ0) is 17.8.